The fourth-order valence-corrected chi connectivity index (χ4v) is 3.08. The van der Waals surface area contributed by atoms with E-state index >= 15 is 0 Å². The Morgan fingerprint density at radius 3 is 2.42 bits per heavy atom. The zero-order chi connectivity index (χ0) is 14.4. The molecule has 1 fully saturated rings. The Kier molecular flexibility index (Phi) is 3.55. The number of rotatable bonds is 3. The van der Waals surface area contributed by atoms with Crippen LogP contribution in [0, 0.1) is 0 Å². The van der Waals surface area contributed by atoms with Crippen LogP contribution in [-0.2, 0) is 10.0 Å². The van der Waals surface area contributed by atoms with Gasteiger partial charge in [-0.3, -0.25) is 4.79 Å². The first kappa shape index (κ1) is 14.6. The molecule has 1 aromatic rings. The highest BCUT2D eigenvalue weighted by Gasteiger charge is 2.39. The Morgan fingerprint density at radius 1 is 1.37 bits per heavy atom. The number of carbonyl (C=O) groups excluding carboxylic acids is 1. The van der Waals surface area contributed by atoms with Gasteiger partial charge >= 0.3 is 0 Å². The second kappa shape index (κ2) is 4.63. The Hall–Kier alpha value is -0.820. The van der Waals surface area contributed by atoms with Crippen LogP contribution in [0.15, 0.2) is 17.0 Å². The van der Waals surface area contributed by atoms with Crippen LogP contribution in [0.5, 0.6) is 0 Å². The summed E-state index contributed by atoms with van der Waals surface area (Å²) in [6.45, 7) is 1.89. The zero-order valence-corrected chi connectivity index (χ0v) is 12.4. The summed E-state index contributed by atoms with van der Waals surface area (Å²) in [5.41, 5.74) is -0.329. The van der Waals surface area contributed by atoms with Crippen molar-refractivity contribution in [2.24, 2.45) is 5.14 Å². The summed E-state index contributed by atoms with van der Waals surface area (Å²) in [5.74, 6) is -0.500. The van der Waals surface area contributed by atoms with E-state index in [-0.39, 0.29) is 26.0 Å². The van der Waals surface area contributed by atoms with Crippen molar-refractivity contribution >= 4 is 39.1 Å². The number of halogens is 2. The molecule has 0 radical (unpaired) electrons. The monoisotopic (exact) mass is 322 g/mol. The highest BCUT2D eigenvalue weighted by atomic mass is 35.5. The van der Waals surface area contributed by atoms with Crippen LogP contribution in [-0.4, -0.2) is 19.9 Å². The maximum Gasteiger partial charge on any atom is 0.254 e. The van der Waals surface area contributed by atoms with Crippen molar-refractivity contribution in [3.8, 4) is 0 Å². The number of benzene rings is 1. The van der Waals surface area contributed by atoms with E-state index in [1.165, 1.54) is 12.1 Å². The molecule has 104 valence electrons. The van der Waals surface area contributed by atoms with Crippen LogP contribution >= 0.6 is 23.2 Å². The molecular weight excluding hydrogens is 311 g/mol. The molecule has 1 aliphatic carbocycles. The van der Waals surface area contributed by atoms with Gasteiger partial charge in [-0.1, -0.05) is 23.2 Å². The minimum atomic E-state index is -4.00. The fourth-order valence-electron chi connectivity index (χ4n) is 1.61. The lowest BCUT2D eigenvalue weighted by molar-refractivity contribution is 0.0935. The molecule has 1 aromatic carbocycles. The van der Waals surface area contributed by atoms with Gasteiger partial charge in [-0.15, -0.1) is 0 Å². The average molecular weight is 323 g/mol. The van der Waals surface area contributed by atoms with E-state index in [1.807, 2.05) is 6.92 Å². The molecule has 0 aliphatic heterocycles. The number of nitrogens with one attached hydrogen (secondary N) is 1. The zero-order valence-electron chi connectivity index (χ0n) is 10.0. The lowest BCUT2D eigenvalue weighted by atomic mass is 10.2. The standard InChI is InChI=1S/C11H12Cl2N2O3S/c1-11(4-5-11)15-10(16)8-6(12)2-3-7(9(8)13)19(14,17)18/h2-3H,4-5H2,1H3,(H,15,16)(H2,14,17,18). The summed E-state index contributed by atoms with van der Waals surface area (Å²) < 4.78 is 22.7. The molecule has 0 bridgehead atoms. The van der Waals surface area contributed by atoms with Crippen molar-refractivity contribution in [3.05, 3.63) is 27.7 Å². The van der Waals surface area contributed by atoms with Crippen molar-refractivity contribution in [1.29, 1.82) is 0 Å². The van der Waals surface area contributed by atoms with Crippen LogP contribution in [0.25, 0.3) is 0 Å². The van der Waals surface area contributed by atoms with E-state index in [9.17, 15) is 13.2 Å². The van der Waals surface area contributed by atoms with E-state index in [2.05, 4.69) is 5.32 Å². The second-order valence-electron chi connectivity index (χ2n) is 4.79. The van der Waals surface area contributed by atoms with Crippen LogP contribution < -0.4 is 10.5 Å². The molecule has 1 aliphatic rings. The van der Waals surface area contributed by atoms with Gasteiger partial charge in [-0.25, -0.2) is 13.6 Å². The predicted octanol–water partition coefficient (Wildman–Crippen LogP) is 1.92. The quantitative estimate of drug-likeness (QED) is 0.890. The van der Waals surface area contributed by atoms with Crippen LogP contribution in [0.1, 0.15) is 30.1 Å². The molecule has 19 heavy (non-hydrogen) atoms. The van der Waals surface area contributed by atoms with E-state index in [0.29, 0.717) is 0 Å². The SMILES string of the molecule is CC1(NC(=O)c2c(Cl)ccc(S(N)(=O)=O)c2Cl)CC1. The Balaban J connectivity index is 2.47. The lowest BCUT2D eigenvalue weighted by Gasteiger charge is -2.14. The molecule has 3 N–H and O–H groups in total. The third-order valence-corrected chi connectivity index (χ3v) is 4.78. The van der Waals surface area contributed by atoms with Gasteiger partial charge in [-0.05, 0) is 31.9 Å². The number of nitrogens with two attached hydrogens (primary N) is 1. The maximum absolute atomic E-state index is 12.1. The number of hydrogen-bond acceptors (Lipinski definition) is 3. The van der Waals surface area contributed by atoms with Gasteiger partial charge in [0.1, 0.15) is 4.90 Å². The van der Waals surface area contributed by atoms with Gasteiger partial charge in [-0.2, -0.15) is 0 Å². The molecular formula is C11H12Cl2N2O3S. The highest BCUT2D eigenvalue weighted by molar-refractivity contribution is 7.89. The van der Waals surface area contributed by atoms with E-state index < -0.39 is 15.9 Å². The molecule has 0 aromatic heterocycles. The van der Waals surface area contributed by atoms with Gasteiger partial charge in [0.2, 0.25) is 10.0 Å². The van der Waals surface area contributed by atoms with E-state index in [4.69, 9.17) is 28.3 Å². The molecule has 5 nitrogen and oxygen atoms in total. The number of amides is 1. The molecule has 0 heterocycles. The first-order valence-electron chi connectivity index (χ1n) is 5.47. The first-order chi connectivity index (χ1) is 8.64. The molecule has 1 saturated carbocycles. The molecule has 2 rings (SSSR count). The summed E-state index contributed by atoms with van der Waals surface area (Å²) in [6.07, 6.45) is 1.73. The summed E-state index contributed by atoms with van der Waals surface area (Å²) in [4.78, 5) is 11.8. The molecule has 0 saturated heterocycles. The Labute approximate surface area is 121 Å². The summed E-state index contributed by atoms with van der Waals surface area (Å²) >= 11 is 11.9. The van der Waals surface area contributed by atoms with Gasteiger partial charge < -0.3 is 5.32 Å². The van der Waals surface area contributed by atoms with Crippen molar-refractivity contribution in [1.82, 2.24) is 5.32 Å². The number of carbonyl (C=O) groups is 1. The van der Waals surface area contributed by atoms with Gasteiger partial charge in [0.05, 0.1) is 15.6 Å². The van der Waals surface area contributed by atoms with Crippen LogP contribution in [0.2, 0.25) is 10.0 Å². The summed E-state index contributed by atoms with van der Waals surface area (Å²) in [5, 5.41) is 7.62. The minimum absolute atomic E-state index is 0.0667. The normalized spacial score (nSPS) is 17.1. The van der Waals surface area contributed by atoms with Crippen LogP contribution in [0.4, 0.5) is 0 Å². The van der Waals surface area contributed by atoms with Gasteiger partial charge in [0.15, 0.2) is 0 Å². The molecule has 0 spiro atoms. The smallest absolute Gasteiger partial charge is 0.254 e. The fraction of sp³-hybridized carbons (Fsp3) is 0.364. The van der Waals surface area contributed by atoms with E-state index in [0.717, 1.165) is 12.8 Å². The van der Waals surface area contributed by atoms with Crippen molar-refractivity contribution in [2.45, 2.75) is 30.2 Å². The molecule has 8 heteroatoms. The minimum Gasteiger partial charge on any atom is -0.347 e. The largest absolute Gasteiger partial charge is 0.347 e. The number of hydrogen-bond donors (Lipinski definition) is 2. The number of sulfonamides is 1. The highest BCUT2D eigenvalue weighted by Crippen LogP contribution is 2.36. The predicted molar refractivity (Wildman–Crippen MR) is 72.9 cm³/mol. The Morgan fingerprint density at radius 2 is 1.95 bits per heavy atom. The average Bonchev–Trinajstić information content (AvgIpc) is 2.93. The number of primary sulfonamides is 1. The topological polar surface area (TPSA) is 89.3 Å². The Bertz CT molecular complexity index is 654. The van der Waals surface area contributed by atoms with Crippen molar-refractivity contribution in [3.63, 3.8) is 0 Å². The summed E-state index contributed by atoms with van der Waals surface area (Å²) in [7, 11) is -4.00. The molecule has 1 amide bonds. The van der Waals surface area contributed by atoms with Gasteiger partial charge in [0, 0.05) is 5.54 Å². The first-order valence-corrected chi connectivity index (χ1v) is 7.78. The second-order valence-corrected chi connectivity index (χ2v) is 7.11. The van der Waals surface area contributed by atoms with Crippen molar-refractivity contribution < 1.29 is 13.2 Å². The molecule has 0 unspecified atom stereocenters. The lowest BCUT2D eigenvalue weighted by Crippen LogP contribution is -2.34. The van der Waals surface area contributed by atoms with Crippen molar-refractivity contribution in [2.75, 3.05) is 0 Å². The van der Waals surface area contributed by atoms with Gasteiger partial charge in [0.25, 0.3) is 5.91 Å². The third kappa shape index (κ3) is 3.02. The molecule has 0 atom stereocenters. The summed E-state index contributed by atoms with van der Waals surface area (Å²) in [6, 6.07) is 2.47. The third-order valence-electron chi connectivity index (χ3n) is 3.00. The maximum atomic E-state index is 12.1. The van der Waals surface area contributed by atoms with Crippen LogP contribution in [0.3, 0.4) is 0 Å². The van der Waals surface area contributed by atoms with E-state index in [1.54, 1.807) is 0 Å².